The Hall–Kier alpha value is -1.76. The summed E-state index contributed by atoms with van der Waals surface area (Å²) in [6.45, 7) is 3.06. The summed E-state index contributed by atoms with van der Waals surface area (Å²) in [6, 6.07) is 5.77. The molecule has 0 N–H and O–H groups in total. The van der Waals surface area contributed by atoms with Crippen molar-refractivity contribution in [3.8, 4) is 5.75 Å². The van der Waals surface area contributed by atoms with Crippen LogP contribution in [0.15, 0.2) is 24.3 Å². The molecule has 0 aromatic heterocycles. The number of hydrogen-bond donors (Lipinski definition) is 0. The fourth-order valence-corrected chi connectivity index (χ4v) is 3.54. The van der Waals surface area contributed by atoms with E-state index in [2.05, 4.69) is 9.64 Å². The van der Waals surface area contributed by atoms with Crippen LogP contribution in [0, 0.1) is 0 Å². The molecule has 24 heavy (non-hydrogen) atoms. The van der Waals surface area contributed by atoms with Gasteiger partial charge in [-0.25, -0.2) is 0 Å². The fraction of sp³-hybridized carbons (Fsp3) is 0.588. The summed E-state index contributed by atoms with van der Waals surface area (Å²) in [5.74, 6) is -0.454. The van der Waals surface area contributed by atoms with Crippen molar-refractivity contribution in [2.45, 2.75) is 38.1 Å². The van der Waals surface area contributed by atoms with Crippen molar-refractivity contribution in [1.82, 2.24) is 9.80 Å². The Morgan fingerprint density at radius 3 is 2.12 bits per heavy atom. The summed E-state index contributed by atoms with van der Waals surface area (Å²) < 4.78 is 40.3. The second-order valence-electron chi connectivity index (χ2n) is 6.34. The van der Waals surface area contributed by atoms with E-state index < -0.39 is 6.36 Å². The minimum Gasteiger partial charge on any atom is -0.406 e. The normalized spacial score (nSPS) is 20.4. The minimum absolute atomic E-state index is 0.139. The van der Waals surface area contributed by atoms with E-state index in [4.69, 9.17) is 0 Å². The average Bonchev–Trinajstić information content (AvgIpc) is 3.08. The van der Waals surface area contributed by atoms with Crippen LogP contribution in [-0.4, -0.2) is 54.3 Å². The van der Waals surface area contributed by atoms with E-state index in [1.807, 2.05) is 0 Å². The van der Waals surface area contributed by atoms with Gasteiger partial charge in [-0.15, -0.1) is 13.2 Å². The van der Waals surface area contributed by atoms with Gasteiger partial charge < -0.3 is 9.64 Å². The minimum atomic E-state index is -4.72. The molecule has 132 valence electrons. The molecule has 0 spiro atoms. The second kappa shape index (κ2) is 7.01. The van der Waals surface area contributed by atoms with Gasteiger partial charge in [0.15, 0.2) is 0 Å². The van der Waals surface area contributed by atoms with Crippen molar-refractivity contribution >= 4 is 5.91 Å². The van der Waals surface area contributed by atoms with Crippen molar-refractivity contribution in [3.63, 3.8) is 0 Å². The molecule has 1 aromatic carbocycles. The van der Waals surface area contributed by atoms with Gasteiger partial charge in [-0.1, -0.05) is 12.8 Å². The van der Waals surface area contributed by atoms with Crippen LogP contribution in [0.1, 0.15) is 36.0 Å². The molecule has 4 nitrogen and oxygen atoms in total. The van der Waals surface area contributed by atoms with Crippen LogP contribution in [0.2, 0.25) is 0 Å². The first kappa shape index (κ1) is 17.1. The first-order valence-corrected chi connectivity index (χ1v) is 8.31. The van der Waals surface area contributed by atoms with E-state index in [1.54, 1.807) is 4.90 Å². The third-order valence-corrected chi connectivity index (χ3v) is 4.78. The highest BCUT2D eigenvalue weighted by molar-refractivity contribution is 5.94. The molecule has 2 fully saturated rings. The van der Waals surface area contributed by atoms with E-state index >= 15 is 0 Å². The van der Waals surface area contributed by atoms with Gasteiger partial charge in [0, 0.05) is 37.8 Å². The van der Waals surface area contributed by atoms with Gasteiger partial charge >= 0.3 is 6.36 Å². The number of amides is 1. The van der Waals surface area contributed by atoms with Gasteiger partial charge in [-0.2, -0.15) is 0 Å². The van der Waals surface area contributed by atoms with Crippen molar-refractivity contribution in [2.24, 2.45) is 0 Å². The molecular weight excluding hydrogens is 321 g/mol. The molecule has 1 saturated carbocycles. The molecule has 0 unspecified atom stereocenters. The maximum Gasteiger partial charge on any atom is 0.573 e. The van der Waals surface area contributed by atoms with Gasteiger partial charge in [-0.3, -0.25) is 9.69 Å². The maximum absolute atomic E-state index is 12.5. The van der Waals surface area contributed by atoms with Crippen LogP contribution < -0.4 is 4.74 Å². The molecule has 1 aliphatic heterocycles. The predicted molar refractivity (Wildman–Crippen MR) is 82.9 cm³/mol. The molecule has 7 heteroatoms. The van der Waals surface area contributed by atoms with Crippen LogP contribution in [0.3, 0.4) is 0 Å². The van der Waals surface area contributed by atoms with Crippen LogP contribution in [0.4, 0.5) is 13.2 Å². The van der Waals surface area contributed by atoms with Crippen molar-refractivity contribution in [3.05, 3.63) is 29.8 Å². The molecular formula is C17H21F3N2O2. The van der Waals surface area contributed by atoms with Crippen LogP contribution in [-0.2, 0) is 0 Å². The topological polar surface area (TPSA) is 32.8 Å². The molecule has 1 aromatic rings. The number of carbonyl (C=O) groups is 1. The summed E-state index contributed by atoms with van der Waals surface area (Å²) in [5.41, 5.74) is 0.388. The molecule has 2 aliphatic rings. The van der Waals surface area contributed by atoms with Crippen molar-refractivity contribution < 1.29 is 22.7 Å². The number of ether oxygens (including phenoxy) is 1. The highest BCUT2D eigenvalue weighted by atomic mass is 19.4. The predicted octanol–water partition coefficient (Wildman–Crippen LogP) is 3.29. The van der Waals surface area contributed by atoms with Crippen molar-refractivity contribution in [1.29, 1.82) is 0 Å². The standard InChI is InChI=1S/C17H21F3N2O2/c18-17(19,20)24-15-7-5-13(6-8-15)16(23)22-11-9-21(10-12-22)14-3-1-2-4-14/h5-8,14H,1-4,9-12H2. The molecule has 0 radical (unpaired) electrons. The fourth-order valence-electron chi connectivity index (χ4n) is 3.54. The summed E-state index contributed by atoms with van der Waals surface area (Å²) in [5, 5.41) is 0. The van der Waals surface area contributed by atoms with Gasteiger partial charge in [0.2, 0.25) is 0 Å². The molecule has 1 amide bonds. The highest BCUT2D eigenvalue weighted by Gasteiger charge is 2.31. The summed E-state index contributed by atoms with van der Waals surface area (Å²) in [4.78, 5) is 16.7. The zero-order valence-electron chi connectivity index (χ0n) is 13.4. The first-order valence-electron chi connectivity index (χ1n) is 8.31. The van der Waals surface area contributed by atoms with Crippen LogP contribution in [0.5, 0.6) is 5.75 Å². The second-order valence-corrected chi connectivity index (χ2v) is 6.34. The lowest BCUT2D eigenvalue weighted by Crippen LogP contribution is -2.51. The maximum atomic E-state index is 12.5. The van der Waals surface area contributed by atoms with Gasteiger partial charge in [0.25, 0.3) is 5.91 Å². The third kappa shape index (κ3) is 4.20. The third-order valence-electron chi connectivity index (χ3n) is 4.78. The molecule has 1 heterocycles. The number of alkyl halides is 3. The van der Waals surface area contributed by atoms with Gasteiger partial charge in [-0.05, 0) is 37.1 Å². The lowest BCUT2D eigenvalue weighted by molar-refractivity contribution is -0.274. The lowest BCUT2D eigenvalue weighted by atomic mass is 10.1. The van der Waals surface area contributed by atoms with Gasteiger partial charge in [0.1, 0.15) is 5.75 Å². The molecule has 0 bridgehead atoms. The van der Waals surface area contributed by atoms with Crippen LogP contribution >= 0.6 is 0 Å². The monoisotopic (exact) mass is 342 g/mol. The van der Waals surface area contributed by atoms with E-state index in [-0.39, 0.29) is 11.7 Å². The van der Waals surface area contributed by atoms with Crippen LogP contribution in [0.25, 0.3) is 0 Å². The molecule has 1 saturated heterocycles. The smallest absolute Gasteiger partial charge is 0.406 e. The SMILES string of the molecule is O=C(c1ccc(OC(F)(F)F)cc1)N1CCN(C2CCCC2)CC1. The largest absolute Gasteiger partial charge is 0.573 e. The Kier molecular flexibility index (Phi) is 4.99. The van der Waals surface area contributed by atoms with E-state index in [1.165, 1.54) is 49.9 Å². The number of piperazine rings is 1. The number of carbonyl (C=O) groups excluding carboxylic acids is 1. The zero-order chi connectivity index (χ0) is 17.2. The number of benzene rings is 1. The number of halogens is 3. The molecule has 3 rings (SSSR count). The van der Waals surface area contributed by atoms with E-state index in [0.717, 1.165) is 13.1 Å². The lowest BCUT2D eigenvalue weighted by Gasteiger charge is -2.38. The van der Waals surface area contributed by atoms with E-state index in [9.17, 15) is 18.0 Å². The average molecular weight is 342 g/mol. The number of nitrogens with zero attached hydrogens (tertiary/aromatic N) is 2. The number of rotatable bonds is 3. The Morgan fingerprint density at radius 2 is 1.58 bits per heavy atom. The summed E-state index contributed by atoms with van der Waals surface area (Å²) in [6.07, 6.45) is 0.345. The Labute approximate surface area is 139 Å². The molecule has 1 aliphatic carbocycles. The highest BCUT2D eigenvalue weighted by Crippen LogP contribution is 2.25. The quantitative estimate of drug-likeness (QED) is 0.845. The summed E-state index contributed by atoms with van der Waals surface area (Å²) >= 11 is 0. The Balaban J connectivity index is 1.55. The first-order chi connectivity index (χ1) is 11.4. The molecule has 0 atom stereocenters. The Bertz CT molecular complexity index is 560. The Morgan fingerprint density at radius 1 is 1.00 bits per heavy atom. The van der Waals surface area contributed by atoms with Crippen molar-refractivity contribution in [2.75, 3.05) is 26.2 Å². The van der Waals surface area contributed by atoms with E-state index in [0.29, 0.717) is 24.7 Å². The van der Waals surface area contributed by atoms with Gasteiger partial charge in [0.05, 0.1) is 0 Å². The zero-order valence-corrected chi connectivity index (χ0v) is 13.4. The summed E-state index contributed by atoms with van der Waals surface area (Å²) in [7, 11) is 0. The number of hydrogen-bond acceptors (Lipinski definition) is 3.